The van der Waals surface area contributed by atoms with Gasteiger partial charge in [0.2, 0.25) is 0 Å². The molecule has 0 aliphatic heterocycles. The summed E-state index contributed by atoms with van der Waals surface area (Å²) in [6.45, 7) is 5.14. The summed E-state index contributed by atoms with van der Waals surface area (Å²) in [5.74, 6) is 0.890. The highest BCUT2D eigenvalue weighted by atomic mass is 16.5. The fraction of sp³-hybridized carbons (Fsp3) is 0.909. The van der Waals surface area contributed by atoms with E-state index in [1.807, 2.05) is 0 Å². The number of hydrogen-bond acceptors (Lipinski definition) is 3. The maximum atomic E-state index is 11.0. The van der Waals surface area contributed by atoms with E-state index in [0.717, 1.165) is 18.9 Å². The number of Topliss-reactive ketones (excluding diaryl/α,β-unsaturated/α-hetero) is 1. The van der Waals surface area contributed by atoms with Gasteiger partial charge < -0.3 is 9.47 Å². The summed E-state index contributed by atoms with van der Waals surface area (Å²) in [6.07, 6.45) is 2.49. The minimum Gasteiger partial charge on any atom is -0.375 e. The predicted molar refractivity (Wildman–Crippen MR) is 54.2 cm³/mol. The van der Waals surface area contributed by atoms with Crippen molar-refractivity contribution in [2.75, 3.05) is 13.7 Å². The number of methoxy groups -OCH3 is 1. The maximum absolute atomic E-state index is 11.0. The van der Waals surface area contributed by atoms with Gasteiger partial charge >= 0.3 is 0 Å². The van der Waals surface area contributed by atoms with Crippen molar-refractivity contribution < 1.29 is 14.3 Å². The first-order chi connectivity index (χ1) is 6.65. The van der Waals surface area contributed by atoms with Gasteiger partial charge in [0.25, 0.3) is 0 Å². The van der Waals surface area contributed by atoms with Crippen LogP contribution in [0.2, 0.25) is 0 Å². The van der Waals surface area contributed by atoms with E-state index in [1.54, 1.807) is 7.11 Å². The van der Waals surface area contributed by atoms with Crippen molar-refractivity contribution in [3.8, 4) is 0 Å². The second-order valence-corrected chi connectivity index (χ2v) is 4.27. The first-order valence-electron chi connectivity index (χ1n) is 5.32. The molecule has 14 heavy (non-hydrogen) atoms. The largest absolute Gasteiger partial charge is 0.375 e. The fourth-order valence-electron chi connectivity index (χ4n) is 1.62. The molecule has 3 heteroatoms. The summed E-state index contributed by atoms with van der Waals surface area (Å²) >= 11 is 0. The molecule has 2 unspecified atom stereocenters. The molecular weight excluding hydrogens is 180 g/mol. The molecule has 0 aromatic carbocycles. The number of rotatable bonds is 6. The van der Waals surface area contributed by atoms with E-state index in [0.29, 0.717) is 6.42 Å². The second kappa shape index (κ2) is 5.47. The van der Waals surface area contributed by atoms with E-state index in [2.05, 4.69) is 13.8 Å². The first kappa shape index (κ1) is 11.7. The normalized spacial score (nSPS) is 26.7. The van der Waals surface area contributed by atoms with Crippen molar-refractivity contribution in [2.45, 2.75) is 45.3 Å². The van der Waals surface area contributed by atoms with Crippen molar-refractivity contribution in [2.24, 2.45) is 5.92 Å². The highest BCUT2D eigenvalue weighted by Crippen LogP contribution is 2.22. The molecule has 1 fully saturated rings. The second-order valence-electron chi connectivity index (χ2n) is 4.27. The van der Waals surface area contributed by atoms with Gasteiger partial charge in [-0.3, -0.25) is 4.79 Å². The third-order valence-corrected chi connectivity index (χ3v) is 2.57. The van der Waals surface area contributed by atoms with Crippen LogP contribution in [-0.4, -0.2) is 31.7 Å². The maximum Gasteiger partial charge on any atom is 0.166 e. The Labute approximate surface area is 85.8 Å². The summed E-state index contributed by atoms with van der Waals surface area (Å²) in [5, 5.41) is 0. The zero-order chi connectivity index (χ0) is 10.6. The Bertz CT molecular complexity index is 189. The smallest absolute Gasteiger partial charge is 0.166 e. The molecule has 0 aromatic heterocycles. The predicted octanol–water partition coefficient (Wildman–Crippen LogP) is 1.80. The summed E-state index contributed by atoms with van der Waals surface area (Å²) in [5.41, 5.74) is 0. The van der Waals surface area contributed by atoms with Crippen LogP contribution in [0.25, 0.3) is 0 Å². The van der Waals surface area contributed by atoms with Gasteiger partial charge in [-0.2, -0.15) is 0 Å². The molecule has 1 aliphatic carbocycles. The zero-order valence-electron chi connectivity index (χ0n) is 9.29. The van der Waals surface area contributed by atoms with Crippen LogP contribution in [0.4, 0.5) is 0 Å². The number of ketones is 1. The van der Waals surface area contributed by atoms with Crippen LogP contribution in [0.3, 0.4) is 0 Å². The van der Waals surface area contributed by atoms with Crippen molar-refractivity contribution in [1.82, 2.24) is 0 Å². The Hall–Kier alpha value is -0.410. The van der Waals surface area contributed by atoms with E-state index < -0.39 is 0 Å². The molecule has 0 radical (unpaired) electrons. The minimum absolute atomic E-state index is 0.0136. The number of carbonyl (C=O) groups is 1. The van der Waals surface area contributed by atoms with Crippen LogP contribution in [0.1, 0.15) is 33.1 Å². The molecule has 82 valence electrons. The molecule has 0 bridgehead atoms. The van der Waals surface area contributed by atoms with Crippen molar-refractivity contribution in [3.05, 3.63) is 0 Å². The Morgan fingerprint density at radius 3 is 2.71 bits per heavy atom. The lowest BCUT2D eigenvalue weighted by molar-refractivity contribution is -0.161. The van der Waals surface area contributed by atoms with Crippen molar-refractivity contribution in [1.29, 1.82) is 0 Å². The van der Waals surface area contributed by atoms with Crippen LogP contribution in [0.5, 0.6) is 0 Å². The van der Waals surface area contributed by atoms with Crippen LogP contribution in [-0.2, 0) is 14.3 Å². The molecule has 1 rings (SSSR count). The van der Waals surface area contributed by atoms with Crippen LogP contribution >= 0.6 is 0 Å². The first-order valence-corrected chi connectivity index (χ1v) is 5.32. The van der Waals surface area contributed by atoms with Gasteiger partial charge in [0.15, 0.2) is 5.78 Å². The van der Waals surface area contributed by atoms with Gasteiger partial charge in [-0.25, -0.2) is 0 Å². The molecule has 0 spiro atoms. The van der Waals surface area contributed by atoms with E-state index in [-0.39, 0.29) is 18.0 Å². The highest BCUT2D eigenvalue weighted by molar-refractivity contribution is 5.90. The minimum atomic E-state index is -0.297. The average molecular weight is 200 g/mol. The highest BCUT2D eigenvalue weighted by Gasteiger charge is 2.40. The van der Waals surface area contributed by atoms with Gasteiger partial charge in [0, 0.05) is 20.1 Å². The molecule has 1 aliphatic rings. The molecule has 3 nitrogen and oxygen atoms in total. The average Bonchev–Trinajstić information content (AvgIpc) is 2.10. The fourth-order valence-corrected chi connectivity index (χ4v) is 1.62. The SMILES string of the molecule is COC1C(=O)CC1OCCCC(C)C. The molecule has 0 heterocycles. The van der Waals surface area contributed by atoms with Gasteiger partial charge in [0.05, 0.1) is 6.10 Å². The van der Waals surface area contributed by atoms with Crippen LogP contribution in [0, 0.1) is 5.92 Å². The van der Waals surface area contributed by atoms with E-state index in [9.17, 15) is 4.79 Å². The molecule has 0 saturated heterocycles. The third-order valence-electron chi connectivity index (χ3n) is 2.57. The number of hydrogen-bond donors (Lipinski definition) is 0. The standard InChI is InChI=1S/C11H20O3/c1-8(2)5-4-6-14-10-7-9(12)11(10)13-3/h8,10-11H,4-7H2,1-3H3. The van der Waals surface area contributed by atoms with Crippen LogP contribution in [0.15, 0.2) is 0 Å². The summed E-state index contributed by atoms with van der Waals surface area (Å²) in [4.78, 5) is 11.0. The lowest BCUT2D eigenvalue weighted by Gasteiger charge is -2.33. The summed E-state index contributed by atoms with van der Waals surface area (Å²) in [7, 11) is 1.56. The zero-order valence-corrected chi connectivity index (χ0v) is 9.29. The quantitative estimate of drug-likeness (QED) is 0.613. The lowest BCUT2D eigenvalue weighted by Crippen LogP contribution is -2.50. The molecule has 1 saturated carbocycles. The molecular formula is C11H20O3. The molecule has 2 atom stereocenters. The van der Waals surface area contributed by atoms with E-state index in [1.165, 1.54) is 6.42 Å². The lowest BCUT2D eigenvalue weighted by atomic mass is 9.90. The molecule has 0 N–H and O–H groups in total. The van der Waals surface area contributed by atoms with Crippen molar-refractivity contribution >= 4 is 5.78 Å². The monoisotopic (exact) mass is 200 g/mol. The number of ether oxygens (including phenoxy) is 2. The van der Waals surface area contributed by atoms with E-state index in [4.69, 9.17) is 9.47 Å². The number of carbonyl (C=O) groups excluding carboxylic acids is 1. The van der Waals surface area contributed by atoms with Crippen LogP contribution < -0.4 is 0 Å². The Morgan fingerprint density at radius 2 is 2.21 bits per heavy atom. The van der Waals surface area contributed by atoms with Gasteiger partial charge in [-0.15, -0.1) is 0 Å². The van der Waals surface area contributed by atoms with E-state index >= 15 is 0 Å². The van der Waals surface area contributed by atoms with Gasteiger partial charge in [0.1, 0.15) is 6.10 Å². The Balaban J connectivity index is 2.05. The van der Waals surface area contributed by atoms with Gasteiger partial charge in [-0.05, 0) is 18.8 Å². The topological polar surface area (TPSA) is 35.5 Å². The molecule has 0 amide bonds. The summed E-state index contributed by atoms with van der Waals surface area (Å²) < 4.78 is 10.6. The molecule has 0 aromatic rings. The summed E-state index contributed by atoms with van der Waals surface area (Å²) in [6, 6.07) is 0. The third kappa shape index (κ3) is 3.07. The van der Waals surface area contributed by atoms with Gasteiger partial charge in [-0.1, -0.05) is 13.8 Å². The Kier molecular flexibility index (Phi) is 4.55. The Morgan fingerprint density at radius 1 is 1.50 bits per heavy atom. The van der Waals surface area contributed by atoms with Crippen molar-refractivity contribution in [3.63, 3.8) is 0 Å².